The Morgan fingerprint density at radius 1 is 1.20 bits per heavy atom. The highest BCUT2D eigenvalue weighted by molar-refractivity contribution is 7.90. The largest absolute Gasteiger partial charge is 0.274 e. The van der Waals surface area contributed by atoms with Crippen LogP contribution in [0.1, 0.15) is 40.5 Å². The Bertz CT molecular complexity index is 294. The van der Waals surface area contributed by atoms with Gasteiger partial charge in [0.25, 0.3) is 0 Å². The summed E-state index contributed by atoms with van der Waals surface area (Å²) in [7, 11) is -3.42. The number of rotatable bonds is 6. The van der Waals surface area contributed by atoms with Crippen molar-refractivity contribution in [3.8, 4) is 0 Å². The minimum Gasteiger partial charge on any atom is -0.274 e. The van der Waals surface area contributed by atoms with Crippen LogP contribution in [0.3, 0.4) is 0 Å². The van der Waals surface area contributed by atoms with Gasteiger partial charge in [-0.3, -0.25) is 9.52 Å². The molecule has 15 heavy (non-hydrogen) atoms. The first kappa shape index (κ1) is 14.4. The van der Waals surface area contributed by atoms with Gasteiger partial charge in [0.15, 0.2) is 0 Å². The molecule has 0 saturated heterocycles. The van der Waals surface area contributed by atoms with Gasteiger partial charge in [-0.1, -0.05) is 27.7 Å². The Balaban J connectivity index is 4.04. The van der Waals surface area contributed by atoms with Crippen LogP contribution in [0, 0.1) is 11.8 Å². The number of carbonyl (C=O) groups is 1. The van der Waals surface area contributed by atoms with Gasteiger partial charge in [0.1, 0.15) is 0 Å². The van der Waals surface area contributed by atoms with Crippen molar-refractivity contribution in [3.05, 3.63) is 0 Å². The van der Waals surface area contributed by atoms with E-state index in [1.807, 2.05) is 13.8 Å². The van der Waals surface area contributed by atoms with Crippen LogP contribution in [-0.4, -0.2) is 20.1 Å². The standard InChI is InChI=1S/C10H21NO3S/c1-8(2)6-5-7-15(13,14)11-10(12)9(3)4/h8-9H,5-7H2,1-4H3,(H,11,12). The van der Waals surface area contributed by atoms with E-state index in [4.69, 9.17) is 0 Å². The third-order valence-electron chi connectivity index (χ3n) is 1.98. The molecule has 5 heteroatoms. The maximum atomic E-state index is 11.4. The van der Waals surface area contributed by atoms with E-state index >= 15 is 0 Å². The zero-order chi connectivity index (χ0) is 12.1. The second-order valence-corrected chi connectivity index (χ2v) is 6.32. The third-order valence-corrected chi connectivity index (χ3v) is 3.31. The van der Waals surface area contributed by atoms with Crippen LogP contribution in [0.25, 0.3) is 0 Å². The Hall–Kier alpha value is -0.580. The molecule has 0 bridgehead atoms. The van der Waals surface area contributed by atoms with E-state index in [0.717, 1.165) is 6.42 Å². The van der Waals surface area contributed by atoms with Crippen molar-refractivity contribution >= 4 is 15.9 Å². The van der Waals surface area contributed by atoms with Gasteiger partial charge in [-0.05, 0) is 18.8 Å². The third kappa shape index (κ3) is 7.36. The fourth-order valence-electron chi connectivity index (χ4n) is 1.00. The summed E-state index contributed by atoms with van der Waals surface area (Å²) in [5.41, 5.74) is 0. The average molecular weight is 235 g/mol. The van der Waals surface area contributed by atoms with Gasteiger partial charge in [-0.15, -0.1) is 0 Å². The Morgan fingerprint density at radius 3 is 2.13 bits per heavy atom. The van der Waals surface area contributed by atoms with Crippen molar-refractivity contribution in [2.45, 2.75) is 40.5 Å². The zero-order valence-corrected chi connectivity index (χ0v) is 10.7. The molecule has 90 valence electrons. The van der Waals surface area contributed by atoms with Gasteiger partial charge in [0.2, 0.25) is 15.9 Å². The Labute approximate surface area is 92.5 Å². The lowest BCUT2D eigenvalue weighted by atomic mass is 10.1. The summed E-state index contributed by atoms with van der Waals surface area (Å²) in [6.45, 7) is 7.41. The van der Waals surface area contributed by atoms with Crippen LogP contribution >= 0.6 is 0 Å². The molecule has 0 heterocycles. The molecule has 0 aromatic rings. The van der Waals surface area contributed by atoms with Crippen LogP contribution in [0.5, 0.6) is 0 Å². The van der Waals surface area contributed by atoms with Gasteiger partial charge in [-0.25, -0.2) is 8.42 Å². The van der Waals surface area contributed by atoms with Crippen molar-refractivity contribution < 1.29 is 13.2 Å². The number of carbonyl (C=O) groups excluding carboxylic acids is 1. The van der Waals surface area contributed by atoms with Crippen molar-refractivity contribution in [1.29, 1.82) is 0 Å². The maximum Gasteiger partial charge on any atom is 0.235 e. The van der Waals surface area contributed by atoms with E-state index < -0.39 is 15.9 Å². The molecule has 0 saturated carbocycles. The highest BCUT2D eigenvalue weighted by Gasteiger charge is 2.16. The number of nitrogens with one attached hydrogen (secondary N) is 1. The molecule has 0 aromatic carbocycles. The molecule has 0 spiro atoms. The molecular weight excluding hydrogens is 214 g/mol. The molecular formula is C10H21NO3S. The quantitative estimate of drug-likeness (QED) is 0.759. The maximum absolute atomic E-state index is 11.4. The van der Waals surface area contributed by atoms with Crippen molar-refractivity contribution in [2.24, 2.45) is 11.8 Å². The molecule has 0 fully saturated rings. The minimum absolute atomic E-state index is 0.0314. The van der Waals surface area contributed by atoms with Crippen LogP contribution in [0.2, 0.25) is 0 Å². The summed E-state index contributed by atoms with van der Waals surface area (Å²) in [6, 6.07) is 0. The lowest BCUT2D eigenvalue weighted by molar-refractivity contribution is -0.122. The predicted molar refractivity (Wildman–Crippen MR) is 60.8 cm³/mol. The SMILES string of the molecule is CC(C)CCCS(=O)(=O)NC(=O)C(C)C. The zero-order valence-electron chi connectivity index (χ0n) is 9.91. The molecule has 0 atom stereocenters. The number of hydrogen-bond acceptors (Lipinski definition) is 3. The van der Waals surface area contributed by atoms with E-state index in [1.165, 1.54) is 0 Å². The average Bonchev–Trinajstić information content (AvgIpc) is 2.01. The summed E-state index contributed by atoms with van der Waals surface area (Å²) >= 11 is 0. The highest BCUT2D eigenvalue weighted by atomic mass is 32.2. The van der Waals surface area contributed by atoms with Gasteiger partial charge in [-0.2, -0.15) is 0 Å². The molecule has 4 nitrogen and oxygen atoms in total. The van der Waals surface area contributed by atoms with E-state index in [9.17, 15) is 13.2 Å². The van der Waals surface area contributed by atoms with Gasteiger partial charge in [0, 0.05) is 5.92 Å². The molecule has 0 radical (unpaired) electrons. The van der Waals surface area contributed by atoms with Crippen molar-refractivity contribution in [3.63, 3.8) is 0 Å². The molecule has 0 aliphatic heterocycles. The first-order valence-corrected chi connectivity index (χ1v) is 6.94. The predicted octanol–water partition coefficient (Wildman–Crippen LogP) is 1.52. The van der Waals surface area contributed by atoms with E-state index in [2.05, 4.69) is 4.72 Å². The molecule has 0 rings (SSSR count). The summed E-state index contributed by atoms with van der Waals surface area (Å²) < 4.78 is 24.9. The molecule has 0 aromatic heterocycles. The molecule has 0 aliphatic rings. The second kappa shape index (κ2) is 6.10. The van der Waals surface area contributed by atoms with E-state index in [0.29, 0.717) is 12.3 Å². The number of sulfonamides is 1. The fraction of sp³-hybridized carbons (Fsp3) is 0.900. The summed E-state index contributed by atoms with van der Waals surface area (Å²) in [6.07, 6.45) is 1.45. The Morgan fingerprint density at radius 2 is 1.73 bits per heavy atom. The lowest BCUT2D eigenvalue weighted by Crippen LogP contribution is -2.35. The minimum atomic E-state index is -3.42. The van der Waals surface area contributed by atoms with Crippen LogP contribution in [0.4, 0.5) is 0 Å². The number of hydrogen-bond donors (Lipinski definition) is 1. The first-order chi connectivity index (χ1) is 6.74. The van der Waals surface area contributed by atoms with Gasteiger partial charge >= 0.3 is 0 Å². The molecule has 0 aliphatic carbocycles. The molecule has 1 amide bonds. The number of amides is 1. The van der Waals surface area contributed by atoms with E-state index in [-0.39, 0.29) is 11.7 Å². The van der Waals surface area contributed by atoms with Crippen LogP contribution < -0.4 is 4.72 Å². The summed E-state index contributed by atoms with van der Waals surface area (Å²) in [5.74, 6) is -0.214. The summed E-state index contributed by atoms with van der Waals surface area (Å²) in [5, 5.41) is 0. The highest BCUT2D eigenvalue weighted by Crippen LogP contribution is 2.05. The Kier molecular flexibility index (Phi) is 5.87. The van der Waals surface area contributed by atoms with E-state index in [1.54, 1.807) is 13.8 Å². The summed E-state index contributed by atoms with van der Waals surface area (Å²) in [4.78, 5) is 11.2. The molecule has 0 unspecified atom stereocenters. The topological polar surface area (TPSA) is 63.2 Å². The monoisotopic (exact) mass is 235 g/mol. The van der Waals surface area contributed by atoms with Crippen LogP contribution in [0.15, 0.2) is 0 Å². The first-order valence-electron chi connectivity index (χ1n) is 5.29. The van der Waals surface area contributed by atoms with Gasteiger partial charge < -0.3 is 0 Å². The normalized spacial score (nSPS) is 12.1. The van der Waals surface area contributed by atoms with Gasteiger partial charge in [0.05, 0.1) is 5.75 Å². The second-order valence-electron chi connectivity index (χ2n) is 4.48. The lowest BCUT2D eigenvalue weighted by Gasteiger charge is -2.09. The van der Waals surface area contributed by atoms with Crippen molar-refractivity contribution in [2.75, 3.05) is 5.75 Å². The fourth-order valence-corrected chi connectivity index (χ4v) is 2.19. The smallest absolute Gasteiger partial charge is 0.235 e. The van der Waals surface area contributed by atoms with Crippen molar-refractivity contribution in [1.82, 2.24) is 4.72 Å². The van der Waals surface area contributed by atoms with Crippen LogP contribution in [-0.2, 0) is 14.8 Å². The molecule has 1 N–H and O–H groups in total.